The third kappa shape index (κ3) is 3.77. The van der Waals surface area contributed by atoms with Crippen molar-refractivity contribution < 1.29 is 8.42 Å². The van der Waals surface area contributed by atoms with Crippen molar-refractivity contribution in [1.29, 1.82) is 0 Å². The molecule has 13 heavy (non-hydrogen) atoms. The molecule has 1 aromatic rings. The summed E-state index contributed by atoms with van der Waals surface area (Å²) in [6, 6.07) is 6.04. The van der Waals surface area contributed by atoms with Gasteiger partial charge in [0, 0.05) is 0 Å². The number of sulfonamides is 1. The van der Waals surface area contributed by atoms with Gasteiger partial charge >= 0.3 is 51.4 Å². The Morgan fingerprint density at radius 3 is 2.23 bits per heavy atom. The van der Waals surface area contributed by atoms with Gasteiger partial charge in [-0.25, -0.2) is 8.42 Å². The first-order chi connectivity index (χ1) is 5.58. The van der Waals surface area contributed by atoms with Crippen LogP contribution in [0, 0.1) is 0 Å². The van der Waals surface area contributed by atoms with Crippen LogP contribution in [0.2, 0.25) is 5.02 Å². The molecule has 0 bridgehead atoms. The Labute approximate surface area is 129 Å². The summed E-state index contributed by atoms with van der Waals surface area (Å²) < 4.78 is 23.8. The van der Waals surface area contributed by atoms with Crippen molar-refractivity contribution in [2.45, 2.75) is 4.90 Å². The van der Waals surface area contributed by atoms with Crippen LogP contribution in [0.15, 0.2) is 29.2 Å². The third-order valence-corrected chi connectivity index (χ3v) is 3.42. The normalized spacial score (nSPS) is 10.6. The number of rotatable bonds is 2. The molecule has 0 fully saturated rings. The van der Waals surface area contributed by atoms with E-state index in [0.29, 0.717) is 0 Å². The molecule has 68 valence electrons. The molecule has 0 saturated carbocycles. The van der Waals surface area contributed by atoms with Crippen LogP contribution < -0.4 is 4.24 Å². The van der Waals surface area contributed by atoms with Gasteiger partial charge in [0.2, 0.25) is 0 Å². The molecule has 1 rings (SSSR count). The summed E-state index contributed by atoms with van der Waals surface area (Å²) in [5.74, 6) is 0. The fraction of sp³-hybridized carbons (Fsp3) is 0. The van der Waals surface area contributed by atoms with Crippen LogP contribution >= 0.6 is 23.4 Å². The van der Waals surface area contributed by atoms with Gasteiger partial charge in [0.05, 0.1) is 5.02 Å². The molecule has 0 aromatic heterocycles. The summed E-state index contributed by atoms with van der Waals surface area (Å²) in [6.07, 6.45) is 0. The first-order valence-corrected chi connectivity index (χ1v) is 5.19. The maximum atomic E-state index is 11.1. The van der Waals surface area contributed by atoms with E-state index in [1.165, 1.54) is 12.1 Å². The van der Waals surface area contributed by atoms with E-state index in [1.807, 2.05) is 0 Å². The van der Waals surface area contributed by atoms with Crippen molar-refractivity contribution in [2.75, 3.05) is 0 Å². The molecule has 0 aliphatic heterocycles. The van der Waals surface area contributed by atoms with Gasteiger partial charge < -0.3 is 0 Å². The fourth-order valence-corrected chi connectivity index (χ4v) is 2.06. The molecule has 0 saturated heterocycles. The topological polar surface area (TPSA) is 46.2 Å². The van der Waals surface area contributed by atoms with Crippen LogP contribution in [0.25, 0.3) is 0 Å². The average molecular weight is 266 g/mol. The van der Waals surface area contributed by atoms with E-state index in [0.717, 1.165) is 0 Å². The molecule has 0 radical (unpaired) electrons. The van der Waals surface area contributed by atoms with E-state index in [-0.39, 0.29) is 61.3 Å². The Balaban J connectivity index is 0.00000144. The second kappa shape index (κ2) is 6.04. The molecule has 3 nitrogen and oxygen atoms in total. The van der Waals surface area contributed by atoms with Gasteiger partial charge in [-0.2, -0.15) is 0 Å². The van der Waals surface area contributed by atoms with Crippen molar-refractivity contribution in [3.63, 3.8) is 0 Å². The number of halogens is 2. The molecule has 1 aromatic carbocycles. The molecule has 1 N–H and O–H groups in total. The van der Waals surface area contributed by atoms with E-state index in [4.69, 9.17) is 23.4 Å². The maximum absolute atomic E-state index is 11.1. The van der Waals surface area contributed by atoms with Crippen LogP contribution in [0.4, 0.5) is 0 Å². The quantitative estimate of drug-likeness (QED) is 0.644. The predicted molar refractivity (Wildman–Crippen MR) is 54.8 cm³/mol. The molecule has 0 aliphatic rings. The van der Waals surface area contributed by atoms with Crippen molar-refractivity contribution in [3.05, 3.63) is 29.3 Å². The van der Waals surface area contributed by atoms with Gasteiger partial charge in [-0.05, 0) is 23.9 Å². The molecule has 0 unspecified atom stereocenters. The predicted octanol–water partition coefficient (Wildman–Crippen LogP) is 1.12. The number of hydrogen-bond acceptors (Lipinski definition) is 2. The van der Waals surface area contributed by atoms with Gasteiger partial charge in [-0.1, -0.05) is 23.7 Å². The minimum absolute atomic E-state index is 0. The van der Waals surface area contributed by atoms with Gasteiger partial charge in [-0.15, -0.1) is 4.24 Å². The Hall–Kier alpha value is 1.35. The van der Waals surface area contributed by atoms with Gasteiger partial charge in [0.1, 0.15) is 4.90 Å². The monoisotopic (exact) mass is 265 g/mol. The van der Waals surface area contributed by atoms with Crippen LogP contribution in [-0.4, -0.2) is 59.8 Å². The molecule has 7 heteroatoms. The summed E-state index contributed by atoms with van der Waals surface area (Å²) in [5, 5.41) is 0.144. The third-order valence-electron chi connectivity index (χ3n) is 1.23. The Bertz CT molecular complexity index is 382. The number of nitrogens with one attached hydrogen (secondary N) is 1. The van der Waals surface area contributed by atoms with E-state index < -0.39 is 10.0 Å². The second-order valence-corrected chi connectivity index (χ2v) is 4.48. The molecule has 0 atom stereocenters. The van der Waals surface area contributed by atoms with Crippen LogP contribution in [-0.2, 0) is 10.0 Å². The Morgan fingerprint density at radius 2 is 1.77 bits per heavy atom. The number of benzene rings is 1. The Morgan fingerprint density at radius 1 is 1.23 bits per heavy atom. The molecular formula is C6H6Cl2KNO2S. The zero-order chi connectivity index (χ0) is 9.19. The van der Waals surface area contributed by atoms with Crippen LogP contribution in [0.5, 0.6) is 0 Å². The molecule has 0 heterocycles. The fourth-order valence-electron chi connectivity index (χ4n) is 0.704. The van der Waals surface area contributed by atoms with E-state index in [1.54, 1.807) is 16.4 Å². The zero-order valence-electron chi connectivity index (χ0n) is 5.79. The summed E-state index contributed by atoms with van der Waals surface area (Å²) in [4.78, 5) is -0.0262. The van der Waals surface area contributed by atoms with Crippen molar-refractivity contribution in [2.24, 2.45) is 0 Å². The van der Waals surface area contributed by atoms with E-state index >= 15 is 0 Å². The van der Waals surface area contributed by atoms with Crippen LogP contribution in [0.1, 0.15) is 0 Å². The standard InChI is InChI=1S/C6H5Cl2NO2S.K.H/c7-5-3-1-2-4-6(5)12(10,11)9-8;;/h1-4,9H;;. The molecule has 0 aliphatic carbocycles. The van der Waals surface area contributed by atoms with Gasteiger partial charge in [0.25, 0.3) is 10.0 Å². The van der Waals surface area contributed by atoms with Crippen molar-refractivity contribution in [1.82, 2.24) is 4.24 Å². The first kappa shape index (κ1) is 14.3. The van der Waals surface area contributed by atoms with E-state index in [2.05, 4.69) is 0 Å². The Kier molecular flexibility index (Phi) is 6.67. The number of hydrogen-bond donors (Lipinski definition) is 1. The minimum atomic E-state index is -3.65. The van der Waals surface area contributed by atoms with Gasteiger partial charge in [0.15, 0.2) is 0 Å². The summed E-state index contributed by atoms with van der Waals surface area (Å²) in [7, 11) is -3.65. The molecule has 0 amide bonds. The molecular weight excluding hydrogens is 260 g/mol. The van der Waals surface area contributed by atoms with Crippen molar-refractivity contribution >= 4 is 84.8 Å². The average Bonchev–Trinajstić information content (AvgIpc) is 2.05. The first-order valence-electron chi connectivity index (χ1n) is 2.95. The zero-order valence-corrected chi connectivity index (χ0v) is 8.12. The molecule has 0 spiro atoms. The van der Waals surface area contributed by atoms with Gasteiger partial charge in [-0.3, -0.25) is 0 Å². The SMILES string of the molecule is O=S(=O)(NCl)c1ccccc1Cl.[KH]. The van der Waals surface area contributed by atoms with E-state index in [9.17, 15) is 8.42 Å². The summed E-state index contributed by atoms with van der Waals surface area (Å²) >= 11 is 10.6. The summed E-state index contributed by atoms with van der Waals surface area (Å²) in [6.45, 7) is 0. The van der Waals surface area contributed by atoms with Crippen LogP contribution in [0.3, 0.4) is 0 Å². The summed E-state index contributed by atoms with van der Waals surface area (Å²) in [5.41, 5.74) is 0. The second-order valence-electron chi connectivity index (χ2n) is 2.01. The van der Waals surface area contributed by atoms with Crippen molar-refractivity contribution in [3.8, 4) is 0 Å².